The molecule has 1 aliphatic heterocycles. The molecule has 2 N–H and O–H groups in total. The highest BCUT2D eigenvalue weighted by atomic mass is 32.1. The number of likely N-dealkylation sites (tertiary alicyclic amines) is 1. The van der Waals surface area contributed by atoms with Gasteiger partial charge in [-0.2, -0.15) is 0 Å². The number of hydrogen-bond donors (Lipinski definition) is 2. The molecule has 2 fully saturated rings. The number of methoxy groups -OCH3 is 2. The molecular formula is C29H34N4O3S. The summed E-state index contributed by atoms with van der Waals surface area (Å²) in [5, 5.41) is 7.45. The van der Waals surface area contributed by atoms with Crippen molar-refractivity contribution in [2.75, 3.05) is 33.1 Å². The third-order valence-electron chi connectivity index (χ3n) is 7.78. The monoisotopic (exact) mass is 518 g/mol. The zero-order chi connectivity index (χ0) is 25.8. The average Bonchev–Trinajstić information content (AvgIpc) is 3.26. The Kier molecular flexibility index (Phi) is 7.48. The van der Waals surface area contributed by atoms with Crippen molar-refractivity contribution in [3.8, 4) is 23.1 Å². The van der Waals surface area contributed by atoms with Gasteiger partial charge in [-0.05, 0) is 87.4 Å². The van der Waals surface area contributed by atoms with Gasteiger partial charge in [0.05, 0.1) is 26.1 Å². The maximum Gasteiger partial charge on any atom is 0.219 e. The number of hydrogen-bond acceptors (Lipinski definition) is 6. The molecule has 1 aromatic heterocycles. The van der Waals surface area contributed by atoms with E-state index in [4.69, 9.17) is 26.4 Å². The Morgan fingerprint density at radius 2 is 1.84 bits per heavy atom. The average molecular weight is 519 g/mol. The van der Waals surface area contributed by atoms with Gasteiger partial charge >= 0.3 is 0 Å². The summed E-state index contributed by atoms with van der Waals surface area (Å²) in [5.74, 6) is 2.86. The van der Waals surface area contributed by atoms with E-state index in [1.165, 1.54) is 5.56 Å². The summed E-state index contributed by atoms with van der Waals surface area (Å²) in [6.07, 6.45) is 6.03. The highest BCUT2D eigenvalue weighted by Crippen LogP contribution is 2.49. The SMILES string of the molecule is COc1ccc([C@@]23CC[C@H](NC(=S)Nc4ccc(Oc5ccccc5)nc4)C[C@H]2N(C)CC3)cc1OC. The van der Waals surface area contributed by atoms with Crippen LogP contribution < -0.4 is 24.8 Å². The summed E-state index contributed by atoms with van der Waals surface area (Å²) in [4.78, 5) is 6.89. The van der Waals surface area contributed by atoms with Gasteiger partial charge in [0.2, 0.25) is 5.88 Å². The minimum atomic E-state index is 0.111. The van der Waals surface area contributed by atoms with E-state index in [2.05, 4.69) is 39.7 Å². The van der Waals surface area contributed by atoms with Gasteiger partial charge < -0.3 is 29.7 Å². The number of nitrogens with one attached hydrogen (secondary N) is 2. The van der Waals surface area contributed by atoms with Crippen LogP contribution in [0, 0.1) is 0 Å². The number of aromatic nitrogens is 1. The standard InChI is InChI=1S/C29H34N4O3S/c1-33-16-15-29(20-9-11-24(34-2)25(17-20)35-3)14-13-21(18-26(29)33)31-28(37)32-22-10-12-27(30-19-22)36-23-7-5-4-6-8-23/h4-12,17,19,21,26H,13-16,18H2,1-3H3,(H2,31,32,37)/t21-,26+,29-/m0/s1. The molecule has 8 heteroatoms. The van der Waals surface area contributed by atoms with Gasteiger partial charge in [-0.25, -0.2) is 4.98 Å². The lowest BCUT2D eigenvalue weighted by molar-refractivity contribution is 0.161. The van der Waals surface area contributed by atoms with Crippen molar-refractivity contribution in [2.24, 2.45) is 0 Å². The van der Waals surface area contributed by atoms with E-state index < -0.39 is 0 Å². The third kappa shape index (κ3) is 5.36. The van der Waals surface area contributed by atoms with Crippen LogP contribution in [-0.2, 0) is 5.41 Å². The first-order chi connectivity index (χ1) is 18.0. The number of thiocarbonyl (C=S) groups is 1. The van der Waals surface area contributed by atoms with Crippen LogP contribution in [0.2, 0.25) is 0 Å². The lowest BCUT2D eigenvalue weighted by atomic mass is 9.65. The van der Waals surface area contributed by atoms with Crippen LogP contribution in [0.1, 0.15) is 31.2 Å². The molecule has 7 nitrogen and oxygen atoms in total. The quantitative estimate of drug-likeness (QED) is 0.405. The molecule has 2 heterocycles. The maximum atomic E-state index is 5.78. The number of pyridine rings is 1. The fourth-order valence-electron chi connectivity index (χ4n) is 5.87. The molecule has 5 rings (SSSR count). The minimum Gasteiger partial charge on any atom is -0.493 e. The normalized spacial score (nSPS) is 23.1. The second kappa shape index (κ2) is 10.9. The highest BCUT2D eigenvalue weighted by molar-refractivity contribution is 7.80. The van der Waals surface area contributed by atoms with Crippen molar-refractivity contribution in [2.45, 2.75) is 43.2 Å². The first kappa shape index (κ1) is 25.3. The lowest BCUT2D eigenvalue weighted by Crippen LogP contribution is -2.52. The van der Waals surface area contributed by atoms with Gasteiger partial charge in [0.1, 0.15) is 5.75 Å². The number of likely N-dealkylation sites (N-methyl/N-ethyl adjacent to an activating group) is 1. The number of fused-ring (bicyclic) bond motifs is 1. The van der Waals surface area contributed by atoms with Crippen molar-refractivity contribution in [3.05, 3.63) is 72.4 Å². The topological polar surface area (TPSA) is 67.9 Å². The van der Waals surface area contributed by atoms with E-state index in [9.17, 15) is 0 Å². The second-order valence-corrected chi connectivity index (χ2v) is 10.3. The first-order valence-corrected chi connectivity index (χ1v) is 13.1. The molecule has 1 saturated carbocycles. The van der Waals surface area contributed by atoms with Crippen molar-refractivity contribution in [3.63, 3.8) is 0 Å². The summed E-state index contributed by atoms with van der Waals surface area (Å²) >= 11 is 5.66. The Bertz CT molecular complexity index is 1220. The molecule has 37 heavy (non-hydrogen) atoms. The summed E-state index contributed by atoms with van der Waals surface area (Å²) in [6, 6.07) is 20.5. The van der Waals surface area contributed by atoms with Crippen molar-refractivity contribution in [1.29, 1.82) is 0 Å². The van der Waals surface area contributed by atoms with Gasteiger partial charge in [0, 0.05) is 23.6 Å². The van der Waals surface area contributed by atoms with Crippen LogP contribution in [0.5, 0.6) is 23.1 Å². The molecule has 0 unspecified atom stereocenters. The van der Waals surface area contributed by atoms with Gasteiger partial charge in [0.25, 0.3) is 0 Å². The predicted octanol–water partition coefficient (Wildman–Crippen LogP) is 5.37. The Hall–Kier alpha value is -3.36. The smallest absolute Gasteiger partial charge is 0.219 e. The molecule has 0 bridgehead atoms. The molecule has 3 aromatic rings. The zero-order valence-corrected chi connectivity index (χ0v) is 22.4. The molecule has 194 valence electrons. The number of ether oxygens (including phenoxy) is 3. The van der Waals surface area contributed by atoms with Crippen LogP contribution in [0.25, 0.3) is 0 Å². The van der Waals surface area contributed by atoms with Crippen LogP contribution in [0.4, 0.5) is 5.69 Å². The van der Waals surface area contributed by atoms with Crippen LogP contribution in [0.3, 0.4) is 0 Å². The number of para-hydroxylation sites is 1. The first-order valence-electron chi connectivity index (χ1n) is 12.7. The Morgan fingerprint density at radius 3 is 2.57 bits per heavy atom. The van der Waals surface area contributed by atoms with E-state index in [0.29, 0.717) is 23.1 Å². The predicted molar refractivity (Wildman–Crippen MR) is 150 cm³/mol. The highest BCUT2D eigenvalue weighted by Gasteiger charge is 2.50. The molecule has 2 aliphatic rings. The number of benzene rings is 2. The van der Waals surface area contributed by atoms with E-state index >= 15 is 0 Å². The summed E-state index contributed by atoms with van der Waals surface area (Å²) in [6.45, 7) is 1.08. The summed E-state index contributed by atoms with van der Waals surface area (Å²) in [5.41, 5.74) is 2.27. The maximum absolute atomic E-state index is 5.78. The van der Waals surface area contributed by atoms with E-state index in [0.717, 1.165) is 55.2 Å². The molecule has 0 amide bonds. The lowest BCUT2D eigenvalue weighted by Gasteiger charge is -2.45. The summed E-state index contributed by atoms with van der Waals surface area (Å²) in [7, 11) is 5.61. The number of rotatable bonds is 7. The van der Waals surface area contributed by atoms with E-state index in [1.54, 1.807) is 20.4 Å². The van der Waals surface area contributed by atoms with Gasteiger partial charge in [0.15, 0.2) is 16.6 Å². The third-order valence-corrected chi connectivity index (χ3v) is 8.00. The fourth-order valence-corrected chi connectivity index (χ4v) is 6.16. The Morgan fingerprint density at radius 1 is 1.03 bits per heavy atom. The number of anilines is 1. The minimum absolute atomic E-state index is 0.111. The van der Waals surface area contributed by atoms with E-state index in [1.807, 2.05) is 48.5 Å². The second-order valence-electron chi connectivity index (χ2n) is 9.84. The van der Waals surface area contributed by atoms with Crippen molar-refractivity contribution in [1.82, 2.24) is 15.2 Å². The van der Waals surface area contributed by atoms with Gasteiger partial charge in [-0.3, -0.25) is 0 Å². The van der Waals surface area contributed by atoms with Crippen LogP contribution >= 0.6 is 12.2 Å². The Balaban J connectivity index is 1.21. The molecule has 2 aromatic carbocycles. The molecule has 1 aliphatic carbocycles. The van der Waals surface area contributed by atoms with Crippen LogP contribution in [0.15, 0.2) is 66.9 Å². The zero-order valence-electron chi connectivity index (χ0n) is 21.6. The van der Waals surface area contributed by atoms with Gasteiger partial charge in [-0.1, -0.05) is 24.3 Å². The van der Waals surface area contributed by atoms with Crippen LogP contribution in [-0.4, -0.2) is 54.9 Å². The van der Waals surface area contributed by atoms with Gasteiger partial charge in [-0.15, -0.1) is 0 Å². The van der Waals surface area contributed by atoms with E-state index in [-0.39, 0.29) is 5.41 Å². The largest absolute Gasteiger partial charge is 0.493 e. The summed E-state index contributed by atoms with van der Waals surface area (Å²) < 4.78 is 16.9. The van der Waals surface area contributed by atoms with Crippen molar-refractivity contribution < 1.29 is 14.2 Å². The van der Waals surface area contributed by atoms with Crippen molar-refractivity contribution >= 4 is 23.0 Å². The molecular weight excluding hydrogens is 484 g/mol. The molecule has 1 saturated heterocycles. The Labute approximate surface area is 224 Å². The number of nitrogens with zero attached hydrogens (tertiary/aromatic N) is 2. The molecule has 3 atom stereocenters. The fraction of sp³-hybridized carbons (Fsp3) is 0.379. The molecule has 0 spiro atoms. The molecule has 0 radical (unpaired) electrons.